The molecule has 0 aromatic rings. The predicted octanol–water partition coefficient (Wildman–Crippen LogP) is 1.22. The zero-order chi connectivity index (χ0) is 14.2. The van der Waals surface area contributed by atoms with Gasteiger partial charge in [-0.05, 0) is 38.5 Å². The number of aliphatic hydroxyl groups is 2. The Morgan fingerprint density at radius 1 is 1.35 bits per heavy atom. The fraction of sp³-hybridized carbons (Fsp3) is 0.812. The summed E-state index contributed by atoms with van der Waals surface area (Å²) in [6, 6.07) is 0. The summed E-state index contributed by atoms with van der Waals surface area (Å²) in [7, 11) is 0. The van der Waals surface area contributed by atoms with Crippen molar-refractivity contribution in [1.82, 2.24) is 4.90 Å². The third-order valence-corrected chi connectivity index (χ3v) is 6.21. The van der Waals surface area contributed by atoms with Crippen molar-refractivity contribution < 1.29 is 15.0 Å². The second-order valence-electron chi connectivity index (χ2n) is 7.49. The first-order valence-electron chi connectivity index (χ1n) is 7.83. The molecule has 1 spiro atoms. The molecule has 0 aromatic carbocycles. The molecular weight excluding hydrogens is 254 g/mol. The summed E-state index contributed by atoms with van der Waals surface area (Å²) in [5.74, 6) is 0.297. The summed E-state index contributed by atoms with van der Waals surface area (Å²) in [5.41, 5.74) is -1.45. The van der Waals surface area contributed by atoms with Crippen LogP contribution >= 0.6 is 0 Å². The first-order valence-corrected chi connectivity index (χ1v) is 7.83. The van der Waals surface area contributed by atoms with Crippen LogP contribution in [0.4, 0.5) is 0 Å². The van der Waals surface area contributed by atoms with Gasteiger partial charge in [0.05, 0.1) is 5.60 Å². The number of hydrogen-bond donors (Lipinski definition) is 2. The molecule has 2 aliphatic carbocycles. The molecule has 1 saturated heterocycles. The molecule has 0 radical (unpaired) electrons. The van der Waals surface area contributed by atoms with E-state index in [0.717, 1.165) is 37.9 Å². The number of hydrogen-bond acceptors (Lipinski definition) is 4. The fourth-order valence-electron chi connectivity index (χ4n) is 5.68. The zero-order valence-corrected chi connectivity index (χ0v) is 12.1. The highest BCUT2D eigenvalue weighted by molar-refractivity contribution is 6.00. The molecule has 110 valence electrons. The van der Waals surface area contributed by atoms with E-state index in [1.54, 1.807) is 0 Å². The summed E-state index contributed by atoms with van der Waals surface area (Å²) >= 11 is 0. The van der Waals surface area contributed by atoms with E-state index < -0.39 is 16.7 Å². The predicted molar refractivity (Wildman–Crippen MR) is 73.9 cm³/mol. The molecule has 4 aliphatic rings. The van der Waals surface area contributed by atoms with Gasteiger partial charge in [0.1, 0.15) is 5.72 Å². The van der Waals surface area contributed by atoms with E-state index in [-0.39, 0.29) is 11.7 Å². The molecule has 2 aliphatic heterocycles. The van der Waals surface area contributed by atoms with Gasteiger partial charge in [0.25, 0.3) is 0 Å². The highest BCUT2D eigenvalue weighted by atomic mass is 16.3. The second-order valence-corrected chi connectivity index (χ2v) is 7.49. The lowest BCUT2D eigenvalue weighted by Crippen LogP contribution is -2.70. The van der Waals surface area contributed by atoms with Gasteiger partial charge < -0.3 is 10.2 Å². The molecule has 2 N–H and O–H groups in total. The molecule has 0 amide bonds. The number of carbonyl (C=O) groups excluding carboxylic acids is 1. The van der Waals surface area contributed by atoms with Crippen molar-refractivity contribution in [3.8, 4) is 0 Å². The van der Waals surface area contributed by atoms with Gasteiger partial charge in [0, 0.05) is 36.9 Å². The quantitative estimate of drug-likeness (QED) is 0.699. The molecular formula is C16H23NO3. The third kappa shape index (κ3) is 1.35. The van der Waals surface area contributed by atoms with Gasteiger partial charge in [-0.15, -0.1) is 0 Å². The number of Topliss-reactive ketones (excluding diaryl/α,β-unsaturated/α-hetero) is 1. The van der Waals surface area contributed by atoms with Gasteiger partial charge >= 0.3 is 0 Å². The van der Waals surface area contributed by atoms with Crippen LogP contribution in [-0.2, 0) is 4.79 Å². The van der Waals surface area contributed by atoms with Crippen molar-refractivity contribution in [2.75, 3.05) is 13.1 Å². The van der Waals surface area contributed by atoms with Crippen LogP contribution in [0.2, 0.25) is 0 Å². The van der Waals surface area contributed by atoms with E-state index >= 15 is 0 Å². The van der Waals surface area contributed by atoms with Crippen molar-refractivity contribution in [3.63, 3.8) is 0 Å². The average Bonchev–Trinajstić information content (AvgIpc) is 2.57. The maximum atomic E-state index is 12.5. The molecule has 20 heavy (non-hydrogen) atoms. The Labute approximate surface area is 119 Å². The molecule has 2 bridgehead atoms. The summed E-state index contributed by atoms with van der Waals surface area (Å²) in [5, 5.41) is 22.2. The molecule has 0 aromatic heterocycles. The maximum Gasteiger partial charge on any atom is 0.159 e. The first kappa shape index (κ1) is 13.0. The lowest BCUT2D eigenvalue weighted by molar-refractivity contribution is -0.267. The first-order chi connectivity index (χ1) is 9.39. The zero-order valence-electron chi connectivity index (χ0n) is 12.1. The van der Waals surface area contributed by atoms with Gasteiger partial charge in [-0.3, -0.25) is 9.69 Å². The summed E-state index contributed by atoms with van der Waals surface area (Å²) < 4.78 is 0. The normalized spacial score (nSPS) is 54.1. The van der Waals surface area contributed by atoms with Gasteiger partial charge in [-0.1, -0.05) is 6.08 Å². The Kier molecular flexibility index (Phi) is 2.42. The Balaban J connectivity index is 1.95. The van der Waals surface area contributed by atoms with E-state index in [1.165, 1.54) is 0 Å². The van der Waals surface area contributed by atoms with Crippen LogP contribution in [-0.4, -0.2) is 45.3 Å². The summed E-state index contributed by atoms with van der Waals surface area (Å²) in [4.78, 5) is 14.6. The summed E-state index contributed by atoms with van der Waals surface area (Å²) in [6.07, 6.45) is 6.33. The maximum absolute atomic E-state index is 12.5. The van der Waals surface area contributed by atoms with E-state index in [4.69, 9.17) is 0 Å². The summed E-state index contributed by atoms with van der Waals surface area (Å²) in [6.45, 7) is 3.47. The average molecular weight is 277 g/mol. The van der Waals surface area contributed by atoms with Crippen LogP contribution in [0, 0.1) is 11.3 Å². The minimum Gasteiger partial charge on any atom is -0.390 e. The second kappa shape index (κ2) is 3.73. The highest BCUT2D eigenvalue weighted by Crippen LogP contribution is 2.65. The van der Waals surface area contributed by atoms with Crippen LogP contribution in [0.25, 0.3) is 0 Å². The molecule has 1 unspecified atom stereocenters. The molecule has 5 atom stereocenters. The number of nitrogens with zero attached hydrogens (tertiary/aromatic N) is 1. The van der Waals surface area contributed by atoms with E-state index in [9.17, 15) is 15.0 Å². The van der Waals surface area contributed by atoms with E-state index in [0.29, 0.717) is 19.3 Å². The standard InChI is InChI=1S/C16H23NO3/c1-14(19)9-11-8-13(18)12-4-2-6-17-7-3-5-15(11,12)16(17,20)10-14/h4,11,19-20H,2-3,5-10H2,1H3/t11-,14+,15+,16-/m1/s1. The van der Waals surface area contributed by atoms with Gasteiger partial charge in [-0.2, -0.15) is 0 Å². The number of piperidine rings is 1. The van der Waals surface area contributed by atoms with Gasteiger partial charge in [-0.25, -0.2) is 0 Å². The Morgan fingerprint density at radius 3 is 2.95 bits per heavy atom. The SMILES string of the molecule is C[C@]1(O)C[C@H]2CC(=O)C3=CCCN4CCC[C@@]32[C@]4(O)C1. The smallest absolute Gasteiger partial charge is 0.159 e. The number of ketones is 1. The lowest BCUT2D eigenvalue weighted by Gasteiger charge is -2.62. The van der Waals surface area contributed by atoms with Crippen LogP contribution in [0.15, 0.2) is 11.6 Å². The van der Waals surface area contributed by atoms with Crippen LogP contribution in [0.5, 0.6) is 0 Å². The third-order valence-electron chi connectivity index (χ3n) is 6.21. The molecule has 3 fully saturated rings. The monoisotopic (exact) mass is 277 g/mol. The topological polar surface area (TPSA) is 60.8 Å². The molecule has 4 nitrogen and oxygen atoms in total. The molecule has 4 heteroatoms. The molecule has 2 saturated carbocycles. The van der Waals surface area contributed by atoms with Gasteiger partial charge in [0.15, 0.2) is 5.78 Å². The largest absolute Gasteiger partial charge is 0.390 e. The minimum absolute atomic E-state index is 0.0934. The van der Waals surface area contributed by atoms with Crippen LogP contribution in [0.1, 0.15) is 45.4 Å². The Morgan fingerprint density at radius 2 is 2.15 bits per heavy atom. The van der Waals surface area contributed by atoms with E-state index in [1.807, 2.05) is 6.92 Å². The van der Waals surface area contributed by atoms with Crippen LogP contribution in [0.3, 0.4) is 0 Å². The molecule has 4 rings (SSSR count). The van der Waals surface area contributed by atoms with E-state index in [2.05, 4.69) is 11.0 Å². The van der Waals surface area contributed by atoms with Crippen molar-refractivity contribution in [1.29, 1.82) is 0 Å². The van der Waals surface area contributed by atoms with Crippen molar-refractivity contribution in [2.24, 2.45) is 11.3 Å². The minimum atomic E-state index is -1.04. The Hall–Kier alpha value is -0.710. The fourth-order valence-corrected chi connectivity index (χ4v) is 5.68. The molecule has 2 heterocycles. The van der Waals surface area contributed by atoms with Crippen molar-refractivity contribution >= 4 is 5.78 Å². The highest BCUT2D eigenvalue weighted by Gasteiger charge is 2.70. The lowest BCUT2D eigenvalue weighted by atomic mass is 9.54. The van der Waals surface area contributed by atoms with Crippen LogP contribution < -0.4 is 0 Å². The van der Waals surface area contributed by atoms with Crippen molar-refractivity contribution in [3.05, 3.63) is 11.6 Å². The number of carbonyl (C=O) groups is 1. The van der Waals surface area contributed by atoms with Gasteiger partial charge in [0.2, 0.25) is 0 Å². The Bertz CT molecular complexity index is 512. The van der Waals surface area contributed by atoms with Crippen molar-refractivity contribution in [2.45, 2.75) is 56.8 Å². The number of rotatable bonds is 0.